The molecule has 4 heteroatoms. The van der Waals surface area contributed by atoms with Crippen LogP contribution in [0.3, 0.4) is 0 Å². The van der Waals surface area contributed by atoms with Gasteiger partial charge in [-0.15, -0.1) is 9.24 Å². The molecule has 2 unspecified atom stereocenters. The highest BCUT2D eigenvalue weighted by molar-refractivity contribution is 7.18. The minimum Gasteiger partial charge on any atom is -0.315 e. The van der Waals surface area contributed by atoms with Gasteiger partial charge in [-0.1, -0.05) is 26.0 Å². The van der Waals surface area contributed by atoms with Crippen LogP contribution in [0.4, 0.5) is 5.69 Å². The lowest BCUT2D eigenvalue weighted by Gasteiger charge is -2.38. The molecule has 2 aliphatic rings. The lowest BCUT2D eigenvalue weighted by atomic mass is 9.85. The summed E-state index contributed by atoms with van der Waals surface area (Å²) in [4.78, 5) is 14.4. The van der Waals surface area contributed by atoms with E-state index in [9.17, 15) is 4.79 Å². The fourth-order valence-electron chi connectivity index (χ4n) is 3.19. The number of hydrogen-bond donors (Lipinski definition) is 1. The van der Waals surface area contributed by atoms with E-state index in [-0.39, 0.29) is 11.1 Å². The maximum atomic E-state index is 12.4. The Balaban J connectivity index is 1.68. The number of hydrogen-bond acceptors (Lipinski definition) is 2. The standard InChI is InChI=1S/C17H25N2OP/c1-17(2,21)14-7-8-19(16(20)9-14)15-5-3-12(4-6-15)13-10-18-11-13/h3-6,13-14,18H,7-11,21H2,1-2H3. The molecular weight excluding hydrogens is 279 g/mol. The Hall–Kier alpha value is -0.920. The fourth-order valence-corrected chi connectivity index (χ4v) is 3.48. The second-order valence-electron chi connectivity index (χ2n) is 7.00. The van der Waals surface area contributed by atoms with Crippen molar-refractivity contribution in [1.29, 1.82) is 0 Å². The lowest BCUT2D eigenvalue weighted by Crippen LogP contribution is -2.43. The van der Waals surface area contributed by atoms with Crippen LogP contribution in [0.25, 0.3) is 0 Å². The van der Waals surface area contributed by atoms with Crippen LogP contribution in [0.15, 0.2) is 24.3 Å². The molecule has 3 nitrogen and oxygen atoms in total. The van der Waals surface area contributed by atoms with Gasteiger partial charge in [0.1, 0.15) is 0 Å². The quantitative estimate of drug-likeness (QED) is 0.871. The molecule has 0 aliphatic carbocycles. The largest absolute Gasteiger partial charge is 0.315 e. The number of carbonyl (C=O) groups is 1. The third-order valence-electron chi connectivity index (χ3n) is 4.93. The highest BCUT2D eigenvalue weighted by Crippen LogP contribution is 2.36. The molecule has 2 saturated heterocycles. The molecule has 21 heavy (non-hydrogen) atoms. The molecule has 2 heterocycles. The van der Waals surface area contributed by atoms with Crippen molar-refractivity contribution in [3.63, 3.8) is 0 Å². The van der Waals surface area contributed by atoms with Gasteiger partial charge < -0.3 is 10.2 Å². The van der Waals surface area contributed by atoms with Crippen LogP contribution in [0.5, 0.6) is 0 Å². The fraction of sp³-hybridized carbons (Fsp3) is 0.588. The molecule has 2 fully saturated rings. The second-order valence-corrected chi connectivity index (χ2v) is 8.49. The molecule has 114 valence electrons. The zero-order chi connectivity index (χ0) is 15.0. The molecular formula is C17H25N2OP. The minimum atomic E-state index is 0.142. The van der Waals surface area contributed by atoms with Crippen LogP contribution in [0, 0.1) is 5.92 Å². The Labute approximate surface area is 129 Å². The van der Waals surface area contributed by atoms with Crippen molar-refractivity contribution in [3.8, 4) is 0 Å². The topological polar surface area (TPSA) is 32.3 Å². The van der Waals surface area contributed by atoms with Gasteiger partial charge in [-0.25, -0.2) is 0 Å². The first-order valence-electron chi connectivity index (χ1n) is 7.85. The molecule has 0 aromatic heterocycles. The van der Waals surface area contributed by atoms with E-state index in [2.05, 4.69) is 52.7 Å². The highest BCUT2D eigenvalue weighted by Gasteiger charge is 2.33. The lowest BCUT2D eigenvalue weighted by molar-refractivity contribution is -0.121. The first kappa shape index (κ1) is 15.0. The highest BCUT2D eigenvalue weighted by atomic mass is 31.0. The summed E-state index contributed by atoms with van der Waals surface area (Å²) in [7, 11) is 2.89. The molecule has 1 aromatic carbocycles. The zero-order valence-electron chi connectivity index (χ0n) is 12.9. The van der Waals surface area contributed by atoms with Gasteiger partial charge in [0.2, 0.25) is 5.91 Å². The Bertz CT molecular complexity index is 517. The van der Waals surface area contributed by atoms with Crippen molar-refractivity contribution in [2.45, 2.75) is 37.8 Å². The smallest absolute Gasteiger partial charge is 0.227 e. The number of anilines is 1. The summed E-state index contributed by atoms with van der Waals surface area (Å²) in [6, 6.07) is 8.58. The van der Waals surface area contributed by atoms with Gasteiger partial charge in [0, 0.05) is 37.7 Å². The van der Waals surface area contributed by atoms with Gasteiger partial charge in [-0.2, -0.15) is 0 Å². The third kappa shape index (κ3) is 3.14. The van der Waals surface area contributed by atoms with Crippen molar-refractivity contribution in [2.24, 2.45) is 5.92 Å². The number of amides is 1. The second kappa shape index (κ2) is 5.70. The summed E-state index contributed by atoms with van der Waals surface area (Å²) in [6.45, 7) is 7.39. The van der Waals surface area contributed by atoms with E-state index in [1.165, 1.54) is 5.56 Å². The van der Waals surface area contributed by atoms with Crippen molar-refractivity contribution in [1.82, 2.24) is 5.32 Å². The first-order valence-corrected chi connectivity index (χ1v) is 8.43. The van der Waals surface area contributed by atoms with E-state index >= 15 is 0 Å². The predicted molar refractivity (Wildman–Crippen MR) is 90.9 cm³/mol. The summed E-state index contributed by atoms with van der Waals surface area (Å²) < 4.78 is 0. The maximum Gasteiger partial charge on any atom is 0.227 e. The zero-order valence-corrected chi connectivity index (χ0v) is 14.1. The van der Waals surface area contributed by atoms with Crippen LogP contribution >= 0.6 is 9.24 Å². The Morgan fingerprint density at radius 3 is 2.38 bits per heavy atom. The average Bonchev–Trinajstić information content (AvgIpc) is 2.37. The Morgan fingerprint density at radius 2 is 1.90 bits per heavy atom. The van der Waals surface area contributed by atoms with E-state index in [1.807, 2.05) is 4.90 Å². The molecule has 2 atom stereocenters. The normalized spacial score (nSPS) is 24.0. The van der Waals surface area contributed by atoms with Gasteiger partial charge in [0.05, 0.1) is 0 Å². The van der Waals surface area contributed by atoms with Gasteiger partial charge >= 0.3 is 0 Å². The van der Waals surface area contributed by atoms with Crippen molar-refractivity contribution in [3.05, 3.63) is 29.8 Å². The van der Waals surface area contributed by atoms with Crippen molar-refractivity contribution in [2.75, 3.05) is 24.5 Å². The van der Waals surface area contributed by atoms with Gasteiger partial charge in [-0.05, 0) is 35.2 Å². The summed E-state index contributed by atoms with van der Waals surface area (Å²) in [5.74, 6) is 1.38. The summed E-state index contributed by atoms with van der Waals surface area (Å²) in [5, 5.41) is 3.44. The molecule has 1 N–H and O–H groups in total. The number of nitrogens with one attached hydrogen (secondary N) is 1. The van der Waals surface area contributed by atoms with E-state index in [4.69, 9.17) is 0 Å². The Morgan fingerprint density at radius 1 is 1.24 bits per heavy atom. The molecule has 1 aromatic rings. The van der Waals surface area contributed by atoms with E-state index < -0.39 is 0 Å². The molecule has 3 rings (SSSR count). The Kier molecular flexibility index (Phi) is 4.07. The van der Waals surface area contributed by atoms with Gasteiger partial charge in [0.25, 0.3) is 0 Å². The predicted octanol–water partition coefficient (Wildman–Crippen LogP) is 2.77. The monoisotopic (exact) mass is 304 g/mol. The first-order chi connectivity index (χ1) is 9.95. The molecule has 0 bridgehead atoms. The van der Waals surface area contributed by atoms with E-state index in [0.717, 1.165) is 31.7 Å². The molecule has 2 aliphatic heterocycles. The summed E-state index contributed by atoms with van der Waals surface area (Å²) >= 11 is 0. The summed E-state index contributed by atoms with van der Waals surface area (Å²) in [6.07, 6.45) is 1.74. The number of nitrogens with zero attached hydrogens (tertiary/aromatic N) is 1. The number of rotatable bonds is 3. The van der Waals surface area contributed by atoms with Crippen molar-refractivity contribution >= 4 is 20.8 Å². The van der Waals surface area contributed by atoms with Gasteiger partial charge in [-0.3, -0.25) is 4.79 Å². The van der Waals surface area contributed by atoms with Crippen LogP contribution in [0.1, 0.15) is 38.2 Å². The molecule has 0 saturated carbocycles. The number of piperidine rings is 1. The van der Waals surface area contributed by atoms with Crippen LogP contribution in [-0.2, 0) is 4.79 Å². The third-order valence-corrected chi connectivity index (χ3v) is 5.40. The van der Waals surface area contributed by atoms with E-state index in [0.29, 0.717) is 18.3 Å². The average molecular weight is 304 g/mol. The van der Waals surface area contributed by atoms with Crippen LogP contribution in [0.2, 0.25) is 0 Å². The minimum absolute atomic E-state index is 0.142. The number of benzene rings is 1. The van der Waals surface area contributed by atoms with Crippen LogP contribution in [-0.4, -0.2) is 30.7 Å². The van der Waals surface area contributed by atoms with Gasteiger partial charge in [0.15, 0.2) is 0 Å². The maximum absolute atomic E-state index is 12.4. The molecule has 0 radical (unpaired) electrons. The molecule has 0 spiro atoms. The van der Waals surface area contributed by atoms with Crippen LogP contribution < -0.4 is 10.2 Å². The summed E-state index contributed by atoms with van der Waals surface area (Å²) in [5.41, 5.74) is 2.43. The number of carbonyl (C=O) groups excluding carboxylic acids is 1. The molecule has 1 amide bonds. The SMILES string of the molecule is CC(C)(P)C1CCN(c2ccc(C3CNC3)cc2)C(=O)C1. The van der Waals surface area contributed by atoms with E-state index in [1.54, 1.807) is 0 Å². The van der Waals surface area contributed by atoms with Crippen molar-refractivity contribution < 1.29 is 4.79 Å².